The molecule has 0 aromatic heterocycles. The highest BCUT2D eigenvalue weighted by Gasteiger charge is 1.90. The van der Waals surface area contributed by atoms with E-state index in [9.17, 15) is 0 Å². The fourth-order valence-corrected chi connectivity index (χ4v) is 1.14. The molecule has 0 spiro atoms. The van der Waals surface area contributed by atoms with Gasteiger partial charge in [0, 0.05) is 0 Å². The van der Waals surface area contributed by atoms with Gasteiger partial charge in [-0.25, -0.2) is 0 Å². The topological polar surface area (TPSA) is 0 Å². The van der Waals surface area contributed by atoms with E-state index in [1.54, 1.807) is 0 Å². The number of benzene rings is 1. The molecule has 0 aliphatic rings. The van der Waals surface area contributed by atoms with Crippen LogP contribution in [0.2, 0.25) is 0 Å². The maximum atomic E-state index is 3.29. The summed E-state index contributed by atoms with van der Waals surface area (Å²) in [6, 6.07) is 10.3. The predicted molar refractivity (Wildman–Crippen MR) is 53.9 cm³/mol. The van der Waals surface area contributed by atoms with Crippen molar-refractivity contribution in [2.75, 3.05) is 0 Å². The van der Waals surface area contributed by atoms with E-state index in [1.165, 1.54) is 16.7 Å². The summed E-state index contributed by atoms with van der Waals surface area (Å²) >= 11 is 0. The zero-order valence-electron chi connectivity index (χ0n) is 7.89. The van der Waals surface area contributed by atoms with E-state index in [1.807, 2.05) is 18.2 Å². The Morgan fingerprint density at radius 2 is 1.58 bits per heavy atom. The highest BCUT2D eigenvalue weighted by atomic mass is 13.9. The van der Waals surface area contributed by atoms with Crippen molar-refractivity contribution in [1.29, 1.82) is 0 Å². The molecule has 0 radical (unpaired) electrons. The first-order chi connectivity index (χ1) is 5.70. The molecule has 0 saturated carbocycles. The molecular weight excluding hydrogens is 144 g/mol. The SMILES string of the molecule is CC(C)=C=C(C)c1ccccc1. The average Bonchev–Trinajstić information content (AvgIpc) is 2.05. The number of rotatable bonds is 1. The van der Waals surface area contributed by atoms with Crippen LogP contribution in [0, 0.1) is 0 Å². The molecule has 1 aromatic carbocycles. The molecule has 0 unspecified atom stereocenters. The van der Waals surface area contributed by atoms with E-state index in [0.717, 1.165) is 0 Å². The van der Waals surface area contributed by atoms with Crippen molar-refractivity contribution in [3.8, 4) is 0 Å². The van der Waals surface area contributed by atoms with Gasteiger partial charge in [0.05, 0.1) is 0 Å². The number of hydrogen-bond acceptors (Lipinski definition) is 0. The third-order valence-electron chi connectivity index (χ3n) is 1.64. The smallest absolute Gasteiger partial charge is 0.00197 e. The Labute approximate surface area is 74.2 Å². The van der Waals surface area contributed by atoms with Crippen molar-refractivity contribution in [2.24, 2.45) is 0 Å². The van der Waals surface area contributed by atoms with Crippen molar-refractivity contribution in [3.63, 3.8) is 0 Å². The molecular formula is C12H14. The lowest BCUT2D eigenvalue weighted by atomic mass is 10.1. The fourth-order valence-electron chi connectivity index (χ4n) is 1.14. The van der Waals surface area contributed by atoms with Crippen LogP contribution in [0.3, 0.4) is 0 Å². The van der Waals surface area contributed by atoms with Gasteiger partial charge in [-0.3, -0.25) is 0 Å². The minimum absolute atomic E-state index is 1.20. The van der Waals surface area contributed by atoms with Gasteiger partial charge in [-0.1, -0.05) is 30.3 Å². The molecule has 0 atom stereocenters. The molecule has 62 valence electrons. The largest absolute Gasteiger partial charge is 0.118 e. The molecule has 1 aromatic rings. The summed E-state index contributed by atoms with van der Waals surface area (Å²) in [5, 5.41) is 0. The molecule has 0 bridgehead atoms. The van der Waals surface area contributed by atoms with E-state index in [4.69, 9.17) is 0 Å². The first-order valence-corrected chi connectivity index (χ1v) is 4.16. The number of hydrogen-bond donors (Lipinski definition) is 0. The Morgan fingerprint density at radius 1 is 1.00 bits per heavy atom. The molecule has 0 nitrogen and oxygen atoms in total. The Balaban J connectivity index is 3.10. The lowest BCUT2D eigenvalue weighted by Gasteiger charge is -1.96. The van der Waals surface area contributed by atoms with Crippen molar-refractivity contribution >= 4 is 5.57 Å². The summed E-state index contributed by atoms with van der Waals surface area (Å²) < 4.78 is 0. The van der Waals surface area contributed by atoms with Crippen LogP contribution in [0.1, 0.15) is 26.3 Å². The standard InChI is InChI=1S/C12H14/c1-10(2)9-11(3)12-7-5-4-6-8-12/h4-8H,1-3H3. The lowest BCUT2D eigenvalue weighted by Crippen LogP contribution is -1.75. The van der Waals surface area contributed by atoms with Crippen LogP contribution in [-0.2, 0) is 0 Å². The first-order valence-electron chi connectivity index (χ1n) is 4.16. The van der Waals surface area contributed by atoms with E-state index >= 15 is 0 Å². The second kappa shape index (κ2) is 3.94. The van der Waals surface area contributed by atoms with Gasteiger partial charge in [0.2, 0.25) is 0 Å². The van der Waals surface area contributed by atoms with Gasteiger partial charge in [0.15, 0.2) is 0 Å². The molecule has 0 amide bonds. The zero-order chi connectivity index (χ0) is 8.97. The Bertz CT molecular complexity index is 307. The van der Waals surface area contributed by atoms with Crippen LogP contribution in [0.4, 0.5) is 0 Å². The van der Waals surface area contributed by atoms with Crippen LogP contribution in [0.25, 0.3) is 5.57 Å². The quantitative estimate of drug-likeness (QED) is 0.547. The summed E-state index contributed by atoms with van der Waals surface area (Å²) in [6.45, 7) is 6.21. The highest BCUT2D eigenvalue weighted by molar-refractivity contribution is 5.63. The normalized spacial score (nSPS) is 8.92. The molecule has 0 aliphatic carbocycles. The van der Waals surface area contributed by atoms with Gasteiger partial charge < -0.3 is 0 Å². The highest BCUT2D eigenvalue weighted by Crippen LogP contribution is 2.11. The van der Waals surface area contributed by atoms with Gasteiger partial charge in [-0.2, -0.15) is 0 Å². The molecule has 1 rings (SSSR count). The second-order valence-electron chi connectivity index (χ2n) is 3.12. The first kappa shape index (κ1) is 8.83. The van der Waals surface area contributed by atoms with Crippen molar-refractivity contribution in [1.82, 2.24) is 0 Å². The monoisotopic (exact) mass is 158 g/mol. The third kappa shape index (κ3) is 2.41. The fraction of sp³-hybridized carbons (Fsp3) is 0.250. The number of allylic oxidation sites excluding steroid dienone is 1. The van der Waals surface area contributed by atoms with Crippen molar-refractivity contribution < 1.29 is 0 Å². The molecule has 0 heteroatoms. The predicted octanol–water partition coefficient (Wildman–Crippen LogP) is 3.66. The lowest BCUT2D eigenvalue weighted by molar-refractivity contribution is 1.40. The summed E-state index contributed by atoms with van der Waals surface area (Å²) in [5.41, 5.74) is 6.96. The summed E-state index contributed by atoms with van der Waals surface area (Å²) in [4.78, 5) is 0. The molecule has 0 N–H and O–H groups in total. The molecule has 0 fully saturated rings. The van der Waals surface area contributed by atoms with E-state index in [2.05, 4.69) is 38.6 Å². The summed E-state index contributed by atoms with van der Waals surface area (Å²) in [6.07, 6.45) is 0. The minimum atomic E-state index is 1.20. The van der Waals surface area contributed by atoms with Crippen LogP contribution >= 0.6 is 0 Å². The second-order valence-corrected chi connectivity index (χ2v) is 3.12. The minimum Gasteiger partial charge on any atom is -0.118 e. The van der Waals surface area contributed by atoms with Gasteiger partial charge in [-0.15, -0.1) is 5.73 Å². The van der Waals surface area contributed by atoms with Gasteiger partial charge in [0.1, 0.15) is 0 Å². The third-order valence-corrected chi connectivity index (χ3v) is 1.64. The van der Waals surface area contributed by atoms with Gasteiger partial charge in [-0.05, 0) is 37.5 Å². The van der Waals surface area contributed by atoms with Gasteiger partial charge >= 0.3 is 0 Å². The van der Waals surface area contributed by atoms with Crippen LogP contribution in [0.15, 0.2) is 41.6 Å². The Hall–Kier alpha value is -1.26. The van der Waals surface area contributed by atoms with Crippen molar-refractivity contribution in [2.45, 2.75) is 20.8 Å². The van der Waals surface area contributed by atoms with Crippen LogP contribution in [-0.4, -0.2) is 0 Å². The molecule has 0 aliphatic heterocycles. The maximum absolute atomic E-state index is 3.29. The van der Waals surface area contributed by atoms with Crippen LogP contribution < -0.4 is 0 Å². The van der Waals surface area contributed by atoms with Gasteiger partial charge in [0.25, 0.3) is 0 Å². The van der Waals surface area contributed by atoms with Crippen molar-refractivity contribution in [3.05, 3.63) is 47.2 Å². The van der Waals surface area contributed by atoms with E-state index in [-0.39, 0.29) is 0 Å². The maximum Gasteiger partial charge on any atom is -0.00197 e. The summed E-state index contributed by atoms with van der Waals surface area (Å²) in [5.74, 6) is 0. The van der Waals surface area contributed by atoms with E-state index in [0.29, 0.717) is 0 Å². The van der Waals surface area contributed by atoms with Crippen LogP contribution in [0.5, 0.6) is 0 Å². The molecule has 0 saturated heterocycles. The van der Waals surface area contributed by atoms with E-state index < -0.39 is 0 Å². The summed E-state index contributed by atoms with van der Waals surface area (Å²) in [7, 11) is 0. The molecule has 0 heterocycles. The Morgan fingerprint density at radius 3 is 2.08 bits per heavy atom. The average molecular weight is 158 g/mol. The zero-order valence-corrected chi connectivity index (χ0v) is 7.89. The molecule has 12 heavy (non-hydrogen) atoms. The Kier molecular flexibility index (Phi) is 2.90.